The minimum atomic E-state index is -0.250. The molecule has 0 heterocycles. The van der Waals surface area contributed by atoms with Crippen molar-refractivity contribution in [2.24, 2.45) is 5.41 Å². The van der Waals surface area contributed by atoms with Gasteiger partial charge in [-0.3, -0.25) is 4.79 Å². The zero-order chi connectivity index (χ0) is 12.0. The van der Waals surface area contributed by atoms with Gasteiger partial charge in [0, 0.05) is 5.41 Å². The summed E-state index contributed by atoms with van der Waals surface area (Å²) in [5.41, 5.74) is -0.250. The summed E-state index contributed by atoms with van der Waals surface area (Å²) < 4.78 is 5.48. The van der Waals surface area contributed by atoms with Crippen molar-refractivity contribution in [2.45, 2.75) is 20.8 Å². The van der Waals surface area contributed by atoms with Crippen molar-refractivity contribution < 1.29 is 9.53 Å². The fraction of sp³-hybridized carbons (Fsp3) is 0.462. The molecule has 0 saturated carbocycles. The Morgan fingerprint density at radius 3 is 2.44 bits per heavy atom. The van der Waals surface area contributed by atoms with Crippen molar-refractivity contribution in [1.82, 2.24) is 0 Å². The highest BCUT2D eigenvalue weighted by Crippen LogP contribution is 2.18. The topological polar surface area (TPSA) is 26.3 Å². The Kier molecular flexibility index (Phi) is 4.87. The molecule has 1 aromatic carbocycles. The van der Waals surface area contributed by atoms with Crippen LogP contribution in [-0.2, 0) is 4.79 Å². The highest BCUT2D eigenvalue weighted by atomic mass is 32.2. The normalized spacial score (nSPS) is 11.2. The second-order valence-corrected chi connectivity index (χ2v) is 5.53. The van der Waals surface area contributed by atoms with Gasteiger partial charge < -0.3 is 4.74 Å². The summed E-state index contributed by atoms with van der Waals surface area (Å²) >= 11 is 1.51. The zero-order valence-electron chi connectivity index (χ0n) is 10.0. The lowest BCUT2D eigenvalue weighted by atomic mass is 9.92. The molecule has 16 heavy (non-hydrogen) atoms. The van der Waals surface area contributed by atoms with Crippen LogP contribution in [0.5, 0.6) is 5.75 Å². The van der Waals surface area contributed by atoms with Gasteiger partial charge in [0.25, 0.3) is 0 Å². The maximum Gasteiger partial charge on any atom is 0.148 e. The molecule has 0 bridgehead atoms. The number of hydrogen-bond donors (Lipinski definition) is 0. The molecular formula is C13H18O2S. The number of benzene rings is 1. The van der Waals surface area contributed by atoms with E-state index in [9.17, 15) is 4.79 Å². The van der Waals surface area contributed by atoms with E-state index < -0.39 is 0 Å². The lowest BCUT2D eigenvalue weighted by Gasteiger charge is -2.15. The highest BCUT2D eigenvalue weighted by Gasteiger charge is 2.20. The molecule has 3 heteroatoms. The molecule has 0 fully saturated rings. The molecule has 0 aliphatic rings. The van der Waals surface area contributed by atoms with Crippen molar-refractivity contribution >= 4 is 17.5 Å². The van der Waals surface area contributed by atoms with Crippen LogP contribution in [0.15, 0.2) is 30.3 Å². The van der Waals surface area contributed by atoms with Crippen molar-refractivity contribution in [1.29, 1.82) is 0 Å². The number of carbonyl (C=O) groups is 1. The minimum absolute atomic E-state index is 0.250. The quantitative estimate of drug-likeness (QED) is 0.581. The molecule has 0 spiro atoms. The molecule has 0 radical (unpaired) electrons. The van der Waals surface area contributed by atoms with Crippen molar-refractivity contribution in [2.75, 3.05) is 11.7 Å². The van der Waals surface area contributed by atoms with Crippen molar-refractivity contribution in [3.63, 3.8) is 0 Å². The first-order valence-corrected chi connectivity index (χ1v) is 6.44. The molecule has 88 valence electrons. The zero-order valence-corrected chi connectivity index (χ0v) is 10.8. The molecule has 2 nitrogen and oxygen atoms in total. The van der Waals surface area contributed by atoms with Gasteiger partial charge in [-0.2, -0.15) is 0 Å². The van der Waals surface area contributed by atoms with Crippen LogP contribution in [0, 0.1) is 5.41 Å². The van der Waals surface area contributed by atoms with E-state index in [1.54, 1.807) is 0 Å². The van der Waals surface area contributed by atoms with E-state index in [2.05, 4.69) is 0 Å². The van der Waals surface area contributed by atoms with E-state index in [1.165, 1.54) is 11.8 Å². The van der Waals surface area contributed by atoms with Gasteiger partial charge in [0.15, 0.2) is 0 Å². The van der Waals surface area contributed by atoms with Gasteiger partial charge in [-0.15, -0.1) is 11.8 Å². The third-order valence-electron chi connectivity index (χ3n) is 2.12. The SMILES string of the molecule is CC(C)(C)C(=O)CSCOc1ccccc1. The Hall–Kier alpha value is -0.960. The van der Waals surface area contributed by atoms with Crippen molar-refractivity contribution in [3.05, 3.63) is 30.3 Å². The first-order chi connectivity index (χ1) is 7.50. The fourth-order valence-corrected chi connectivity index (χ4v) is 1.90. The highest BCUT2D eigenvalue weighted by molar-refractivity contribution is 7.99. The molecular weight excluding hydrogens is 220 g/mol. The monoisotopic (exact) mass is 238 g/mol. The van der Waals surface area contributed by atoms with Crippen LogP contribution in [0.2, 0.25) is 0 Å². The summed E-state index contributed by atoms with van der Waals surface area (Å²) in [7, 11) is 0. The number of ether oxygens (including phenoxy) is 1. The third kappa shape index (κ3) is 4.71. The molecule has 0 aliphatic carbocycles. The first kappa shape index (κ1) is 13.1. The second-order valence-electron chi connectivity index (χ2n) is 4.60. The number of rotatable bonds is 5. The number of ketones is 1. The largest absolute Gasteiger partial charge is 0.483 e. The lowest BCUT2D eigenvalue weighted by molar-refractivity contribution is -0.123. The maximum atomic E-state index is 11.6. The van der Waals surface area contributed by atoms with Gasteiger partial charge in [0.2, 0.25) is 0 Å². The van der Waals surface area contributed by atoms with Crippen LogP contribution in [0.1, 0.15) is 20.8 Å². The first-order valence-electron chi connectivity index (χ1n) is 5.29. The summed E-state index contributed by atoms with van der Waals surface area (Å²) in [5.74, 6) is 2.13. The summed E-state index contributed by atoms with van der Waals surface area (Å²) in [5, 5.41) is 0. The van der Waals surface area contributed by atoms with E-state index in [0.717, 1.165) is 5.75 Å². The van der Waals surface area contributed by atoms with Crippen LogP contribution in [0.25, 0.3) is 0 Å². The van der Waals surface area contributed by atoms with Gasteiger partial charge in [0.05, 0.1) is 5.75 Å². The van der Waals surface area contributed by atoms with Gasteiger partial charge in [-0.1, -0.05) is 39.0 Å². The molecule has 0 amide bonds. The average Bonchev–Trinajstić information content (AvgIpc) is 2.24. The predicted octanol–water partition coefficient (Wildman–Crippen LogP) is 3.37. The number of carbonyl (C=O) groups excluding carboxylic acids is 1. The maximum absolute atomic E-state index is 11.6. The van der Waals surface area contributed by atoms with Gasteiger partial charge in [-0.05, 0) is 12.1 Å². The molecule has 1 aromatic rings. The number of Topliss-reactive ketones (excluding diaryl/α,β-unsaturated/α-hetero) is 1. The standard InChI is InChI=1S/C13H18O2S/c1-13(2,3)12(14)9-16-10-15-11-7-5-4-6-8-11/h4-8H,9-10H2,1-3H3. The smallest absolute Gasteiger partial charge is 0.148 e. The van der Waals surface area contributed by atoms with Crippen LogP contribution in [-0.4, -0.2) is 17.5 Å². The molecule has 0 unspecified atom stereocenters. The lowest BCUT2D eigenvalue weighted by Crippen LogP contribution is -2.22. The molecule has 0 N–H and O–H groups in total. The van der Waals surface area contributed by atoms with Gasteiger partial charge in [0.1, 0.15) is 17.5 Å². The Labute approximate surface area is 101 Å². The van der Waals surface area contributed by atoms with Crippen LogP contribution in [0.3, 0.4) is 0 Å². The Morgan fingerprint density at radius 1 is 1.25 bits per heavy atom. The van der Waals surface area contributed by atoms with Gasteiger partial charge >= 0.3 is 0 Å². The van der Waals surface area contributed by atoms with E-state index in [1.807, 2.05) is 51.1 Å². The summed E-state index contributed by atoms with van der Waals surface area (Å²) in [4.78, 5) is 11.6. The van der Waals surface area contributed by atoms with E-state index in [0.29, 0.717) is 11.7 Å². The molecule has 0 saturated heterocycles. The third-order valence-corrected chi connectivity index (χ3v) is 2.87. The van der Waals surface area contributed by atoms with E-state index in [4.69, 9.17) is 4.74 Å². The Bertz CT molecular complexity index is 328. The fourth-order valence-electron chi connectivity index (χ4n) is 0.977. The predicted molar refractivity (Wildman–Crippen MR) is 68.9 cm³/mol. The number of thioether (sulfide) groups is 1. The van der Waals surface area contributed by atoms with E-state index >= 15 is 0 Å². The van der Waals surface area contributed by atoms with Crippen LogP contribution < -0.4 is 4.74 Å². The molecule has 0 aromatic heterocycles. The van der Waals surface area contributed by atoms with Crippen LogP contribution >= 0.6 is 11.8 Å². The minimum Gasteiger partial charge on any atom is -0.483 e. The summed E-state index contributed by atoms with van der Waals surface area (Å²) in [6.45, 7) is 5.82. The number of hydrogen-bond acceptors (Lipinski definition) is 3. The van der Waals surface area contributed by atoms with Gasteiger partial charge in [-0.25, -0.2) is 0 Å². The average molecular weight is 238 g/mol. The number of para-hydroxylation sites is 1. The van der Waals surface area contributed by atoms with E-state index in [-0.39, 0.29) is 11.2 Å². The Morgan fingerprint density at radius 2 is 1.88 bits per heavy atom. The van der Waals surface area contributed by atoms with Crippen molar-refractivity contribution in [3.8, 4) is 5.75 Å². The Balaban J connectivity index is 2.20. The molecule has 0 atom stereocenters. The summed E-state index contributed by atoms with van der Waals surface area (Å²) in [6, 6.07) is 9.63. The molecule has 1 rings (SSSR count). The second kappa shape index (κ2) is 5.94. The van der Waals surface area contributed by atoms with Crippen LogP contribution in [0.4, 0.5) is 0 Å². The summed E-state index contributed by atoms with van der Waals surface area (Å²) in [6.07, 6.45) is 0. The molecule has 0 aliphatic heterocycles.